The average molecular weight is 319 g/mol. The Hall–Kier alpha value is -2.62. The molecule has 2 aromatic carbocycles. The second-order valence-electron chi connectivity index (χ2n) is 6.66. The summed E-state index contributed by atoms with van der Waals surface area (Å²) >= 11 is 0. The van der Waals surface area contributed by atoms with Gasteiger partial charge in [-0.25, -0.2) is 4.98 Å². The summed E-state index contributed by atoms with van der Waals surface area (Å²) in [5, 5.41) is 0. The van der Waals surface area contributed by atoms with Crippen LogP contribution < -0.4 is 4.90 Å². The number of benzene rings is 2. The molecule has 0 aliphatic carbocycles. The van der Waals surface area contributed by atoms with E-state index in [2.05, 4.69) is 24.5 Å². The molecule has 1 saturated heterocycles. The van der Waals surface area contributed by atoms with Gasteiger partial charge in [-0.2, -0.15) is 0 Å². The Morgan fingerprint density at radius 2 is 1.75 bits per heavy atom. The molecule has 0 unspecified atom stereocenters. The summed E-state index contributed by atoms with van der Waals surface area (Å²) in [6.45, 7) is 5.03. The highest BCUT2D eigenvalue weighted by Gasteiger charge is 2.35. The molecule has 0 radical (unpaired) electrons. The van der Waals surface area contributed by atoms with Crippen molar-refractivity contribution in [2.75, 3.05) is 11.4 Å². The van der Waals surface area contributed by atoms with Gasteiger partial charge in [-0.3, -0.25) is 4.79 Å². The van der Waals surface area contributed by atoms with Gasteiger partial charge in [0.25, 0.3) is 0 Å². The summed E-state index contributed by atoms with van der Waals surface area (Å²) in [7, 11) is 0. The minimum absolute atomic E-state index is 0.132. The van der Waals surface area contributed by atoms with Crippen LogP contribution in [0.2, 0.25) is 0 Å². The van der Waals surface area contributed by atoms with E-state index in [9.17, 15) is 4.79 Å². The maximum absolute atomic E-state index is 12.5. The Kier molecular flexibility index (Phi) is 3.60. The number of amides is 1. The molecule has 4 nitrogen and oxygen atoms in total. The summed E-state index contributed by atoms with van der Waals surface area (Å²) in [5.41, 5.74) is 3.12. The third-order valence-corrected chi connectivity index (χ3v) is 4.70. The van der Waals surface area contributed by atoms with Gasteiger partial charge in [0.15, 0.2) is 0 Å². The van der Waals surface area contributed by atoms with Crippen molar-refractivity contribution in [3.63, 3.8) is 0 Å². The van der Waals surface area contributed by atoms with E-state index < -0.39 is 0 Å². The highest BCUT2D eigenvalue weighted by Crippen LogP contribution is 2.34. The minimum atomic E-state index is 0.132. The molecule has 0 spiro atoms. The van der Waals surface area contributed by atoms with Gasteiger partial charge < -0.3 is 9.47 Å². The van der Waals surface area contributed by atoms with E-state index >= 15 is 0 Å². The normalized spacial score (nSPS) is 18.0. The zero-order chi connectivity index (χ0) is 16.7. The van der Waals surface area contributed by atoms with Gasteiger partial charge in [0, 0.05) is 30.6 Å². The molecular weight excluding hydrogens is 298 g/mol. The van der Waals surface area contributed by atoms with Gasteiger partial charge in [0.1, 0.15) is 5.82 Å². The smallest absolute Gasteiger partial charge is 0.227 e. The van der Waals surface area contributed by atoms with Gasteiger partial charge in [-0.15, -0.1) is 0 Å². The van der Waals surface area contributed by atoms with E-state index in [1.54, 1.807) is 0 Å². The number of nitrogens with zero attached hydrogens (tertiary/aromatic N) is 3. The lowest BCUT2D eigenvalue weighted by atomic mass is 10.1. The van der Waals surface area contributed by atoms with Crippen molar-refractivity contribution in [2.24, 2.45) is 0 Å². The summed E-state index contributed by atoms with van der Waals surface area (Å²) in [4.78, 5) is 19.3. The molecule has 122 valence electrons. The third-order valence-electron chi connectivity index (χ3n) is 4.70. The largest absolute Gasteiger partial charge is 0.325 e. The molecule has 4 heteroatoms. The van der Waals surface area contributed by atoms with Gasteiger partial charge in [-0.05, 0) is 38.1 Å². The number of carbonyl (C=O) groups excluding carboxylic acids is 1. The molecule has 0 saturated carbocycles. The van der Waals surface area contributed by atoms with Crippen LogP contribution in [0.3, 0.4) is 0 Å². The molecule has 1 atom stereocenters. The fourth-order valence-corrected chi connectivity index (χ4v) is 3.63. The quantitative estimate of drug-likeness (QED) is 0.728. The van der Waals surface area contributed by atoms with E-state index in [-0.39, 0.29) is 11.8 Å². The second-order valence-corrected chi connectivity index (χ2v) is 6.66. The van der Waals surface area contributed by atoms with Gasteiger partial charge in [0.2, 0.25) is 5.91 Å². The molecule has 1 aliphatic rings. The standard InChI is InChI=1S/C20H21N3O/c1-14(2)23-18-11-7-6-10-17(18)21-20(23)15-12-19(24)22(13-15)16-8-4-3-5-9-16/h3-11,14-15H,12-13H2,1-2H3/t15-/m0/s1. The number of anilines is 1. The summed E-state index contributed by atoms with van der Waals surface area (Å²) in [6, 6.07) is 18.4. The number of para-hydroxylation sites is 3. The van der Waals surface area contributed by atoms with Crippen molar-refractivity contribution in [3.8, 4) is 0 Å². The second kappa shape index (κ2) is 5.78. The fourth-order valence-electron chi connectivity index (χ4n) is 3.63. The molecular formula is C20H21N3O. The zero-order valence-electron chi connectivity index (χ0n) is 14.0. The van der Waals surface area contributed by atoms with E-state index in [1.807, 2.05) is 53.4 Å². The van der Waals surface area contributed by atoms with Crippen molar-refractivity contribution < 1.29 is 4.79 Å². The van der Waals surface area contributed by atoms with Gasteiger partial charge in [0.05, 0.1) is 11.0 Å². The lowest BCUT2D eigenvalue weighted by Crippen LogP contribution is -2.24. The van der Waals surface area contributed by atoms with E-state index in [4.69, 9.17) is 4.98 Å². The molecule has 1 aromatic heterocycles. The Morgan fingerprint density at radius 1 is 1.04 bits per heavy atom. The van der Waals surface area contributed by atoms with Crippen LogP contribution in [0.5, 0.6) is 0 Å². The number of aromatic nitrogens is 2. The molecule has 3 aromatic rings. The maximum atomic E-state index is 12.5. The number of hydrogen-bond acceptors (Lipinski definition) is 2. The van der Waals surface area contributed by atoms with E-state index in [0.717, 1.165) is 22.5 Å². The van der Waals surface area contributed by atoms with Crippen LogP contribution in [-0.2, 0) is 4.79 Å². The monoisotopic (exact) mass is 319 g/mol. The molecule has 1 fully saturated rings. The number of hydrogen-bond donors (Lipinski definition) is 0. The van der Waals surface area contributed by atoms with Crippen LogP contribution in [0.15, 0.2) is 54.6 Å². The predicted octanol–water partition coefficient (Wildman–Crippen LogP) is 4.14. The van der Waals surface area contributed by atoms with Crippen LogP contribution in [-0.4, -0.2) is 22.0 Å². The van der Waals surface area contributed by atoms with Crippen molar-refractivity contribution in [1.29, 1.82) is 0 Å². The third kappa shape index (κ3) is 2.39. The summed E-state index contributed by atoms with van der Waals surface area (Å²) in [5.74, 6) is 1.33. The first kappa shape index (κ1) is 14.9. The number of fused-ring (bicyclic) bond motifs is 1. The highest BCUT2D eigenvalue weighted by atomic mass is 16.2. The molecule has 2 heterocycles. The van der Waals surface area contributed by atoms with Crippen LogP contribution >= 0.6 is 0 Å². The molecule has 4 rings (SSSR count). The topological polar surface area (TPSA) is 38.1 Å². The first-order valence-electron chi connectivity index (χ1n) is 8.47. The Balaban J connectivity index is 1.74. The fraction of sp³-hybridized carbons (Fsp3) is 0.300. The lowest BCUT2D eigenvalue weighted by molar-refractivity contribution is -0.117. The van der Waals surface area contributed by atoms with E-state index in [1.165, 1.54) is 0 Å². The van der Waals surface area contributed by atoms with Crippen molar-refractivity contribution in [3.05, 3.63) is 60.4 Å². The van der Waals surface area contributed by atoms with Crippen molar-refractivity contribution in [1.82, 2.24) is 9.55 Å². The highest BCUT2D eigenvalue weighted by molar-refractivity contribution is 5.96. The predicted molar refractivity (Wildman–Crippen MR) is 96.3 cm³/mol. The molecule has 24 heavy (non-hydrogen) atoms. The number of rotatable bonds is 3. The summed E-state index contributed by atoms with van der Waals surface area (Å²) in [6.07, 6.45) is 0.519. The SMILES string of the molecule is CC(C)n1c([C@H]2CC(=O)N(c3ccccc3)C2)nc2ccccc21. The Labute approximate surface area is 141 Å². The van der Waals surface area contributed by atoms with E-state index in [0.29, 0.717) is 19.0 Å². The first-order valence-corrected chi connectivity index (χ1v) is 8.47. The van der Waals surface area contributed by atoms with Crippen molar-refractivity contribution >= 4 is 22.6 Å². The Bertz CT molecular complexity index is 882. The molecule has 0 N–H and O–H groups in total. The van der Waals surface area contributed by atoms with Crippen LogP contribution in [0.25, 0.3) is 11.0 Å². The minimum Gasteiger partial charge on any atom is -0.325 e. The maximum Gasteiger partial charge on any atom is 0.227 e. The summed E-state index contributed by atoms with van der Waals surface area (Å²) < 4.78 is 2.28. The van der Waals surface area contributed by atoms with Crippen LogP contribution in [0.1, 0.15) is 38.1 Å². The number of imidazole rings is 1. The van der Waals surface area contributed by atoms with Crippen molar-refractivity contribution in [2.45, 2.75) is 32.2 Å². The lowest BCUT2D eigenvalue weighted by Gasteiger charge is -2.18. The molecule has 0 bridgehead atoms. The first-order chi connectivity index (χ1) is 11.6. The Morgan fingerprint density at radius 3 is 2.50 bits per heavy atom. The average Bonchev–Trinajstić information content (AvgIpc) is 3.16. The van der Waals surface area contributed by atoms with Gasteiger partial charge >= 0.3 is 0 Å². The van der Waals surface area contributed by atoms with Crippen LogP contribution in [0.4, 0.5) is 5.69 Å². The zero-order valence-corrected chi connectivity index (χ0v) is 14.0. The molecule has 1 aliphatic heterocycles. The number of carbonyl (C=O) groups is 1. The van der Waals surface area contributed by atoms with Crippen LogP contribution in [0, 0.1) is 0 Å². The van der Waals surface area contributed by atoms with Gasteiger partial charge in [-0.1, -0.05) is 30.3 Å². The molecule has 1 amide bonds.